The average molecular weight is 342 g/mol. The van der Waals surface area contributed by atoms with Crippen molar-refractivity contribution in [3.63, 3.8) is 0 Å². The van der Waals surface area contributed by atoms with E-state index in [0.29, 0.717) is 6.42 Å². The van der Waals surface area contributed by atoms with Gasteiger partial charge in [0, 0.05) is 0 Å². The molecule has 0 amide bonds. The molecule has 0 aromatic rings. The van der Waals surface area contributed by atoms with Crippen molar-refractivity contribution >= 4 is 32.7 Å². The van der Waals surface area contributed by atoms with Crippen LogP contribution in [0.15, 0.2) is 0 Å². The van der Waals surface area contributed by atoms with E-state index < -0.39 is 13.4 Å². The van der Waals surface area contributed by atoms with Gasteiger partial charge in [0.15, 0.2) is 0 Å². The van der Waals surface area contributed by atoms with E-state index in [-0.39, 0.29) is 29.6 Å². The van der Waals surface area contributed by atoms with Gasteiger partial charge < -0.3 is 4.55 Å². The molecule has 0 aliphatic carbocycles. The molecular weight excluding hydrogens is 326 g/mol. The maximum absolute atomic E-state index is 10.5. The maximum Gasteiger partial charge on any atom is 1.00 e. The summed E-state index contributed by atoms with van der Waals surface area (Å²) in [5.74, 6) is 0. The molecule has 0 rings (SSSR count). The smallest absolute Gasteiger partial charge is 0.747 e. The van der Waals surface area contributed by atoms with Crippen molar-refractivity contribution < 1.29 is 42.5 Å². The summed E-state index contributed by atoms with van der Waals surface area (Å²) in [7, 11) is -4.06. The summed E-state index contributed by atoms with van der Waals surface area (Å²) in [5.41, 5.74) is 0. The molecule has 1 unspecified atom stereocenters. The Bertz CT molecular complexity index is 219. The second-order valence-electron chi connectivity index (χ2n) is 3.11. The summed E-state index contributed by atoms with van der Waals surface area (Å²) in [5, 5.41) is 0. The number of rotatable bonds is 7. The van der Waals surface area contributed by atoms with Crippen molar-refractivity contribution in [1.29, 1.82) is 0 Å². The number of halogens is 1. The molecule has 3 nitrogen and oxygen atoms in total. The average Bonchev–Trinajstić information content (AvgIpc) is 2.02. The second-order valence-corrected chi connectivity index (χ2v) is 7.01. The van der Waals surface area contributed by atoms with Crippen LogP contribution in [0.3, 0.4) is 0 Å². The second kappa shape index (κ2) is 9.84. The topological polar surface area (TPSA) is 57.2 Å². The predicted octanol–water partition coefficient (Wildman–Crippen LogP) is -0.343. The SMILES string of the molecule is CCCCCCCC(I)S(=O)(=O)[O-].[Na+]. The number of hydrogen-bond acceptors (Lipinski definition) is 3. The largest absolute Gasteiger partial charge is 1.00 e. The molecule has 0 aliphatic rings. The van der Waals surface area contributed by atoms with Crippen LogP contribution in [0.25, 0.3) is 0 Å². The normalized spacial score (nSPS) is 13.4. The number of hydrogen-bond donors (Lipinski definition) is 0. The maximum atomic E-state index is 10.5. The first-order chi connectivity index (χ1) is 5.98. The minimum atomic E-state index is -4.06. The zero-order chi connectivity index (χ0) is 10.3. The molecule has 0 saturated carbocycles. The fourth-order valence-electron chi connectivity index (χ4n) is 1.05. The van der Waals surface area contributed by atoms with Crippen LogP contribution in [0.1, 0.15) is 45.4 Å². The van der Waals surface area contributed by atoms with Gasteiger partial charge in [-0.15, -0.1) is 0 Å². The van der Waals surface area contributed by atoms with Gasteiger partial charge in [-0.25, -0.2) is 8.42 Å². The van der Waals surface area contributed by atoms with Crippen LogP contribution < -0.4 is 29.6 Å². The van der Waals surface area contributed by atoms with Gasteiger partial charge in [0.05, 0.1) is 0 Å². The summed E-state index contributed by atoms with van der Waals surface area (Å²) in [6, 6.07) is 0. The molecule has 0 N–H and O–H groups in total. The first-order valence-electron chi connectivity index (χ1n) is 4.57. The van der Waals surface area contributed by atoms with E-state index in [1.165, 1.54) is 12.8 Å². The molecule has 0 fully saturated rings. The van der Waals surface area contributed by atoms with E-state index in [0.717, 1.165) is 19.3 Å². The first kappa shape index (κ1) is 18.0. The van der Waals surface area contributed by atoms with Crippen LogP contribution in [-0.4, -0.2) is 16.2 Å². The zero-order valence-corrected chi connectivity index (χ0v) is 13.8. The van der Waals surface area contributed by atoms with Crippen LogP contribution >= 0.6 is 22.6 Å². The standard InChI is InChI=1S/C8H17IO3S.Na/c1-2-3-4-5-6-7-8(9)13(10,11)12;/h8H,2-7H2,1H3,(H,10,11,12);/q;+1/p-1. The Morgan fingerprint density at radius 1 is 1.21 bits per heavy atom. The van der Waals surface area contributed by atoms with Crippen molar-refractivity contribution in [2.75, 3.05) is 0 Å². The molecule has 0 bridgehead atoms. The van der Waals surface area contributed by atoms with E-state index >= 15 is 0 Å². The Morgan fingerprint density at radius 3 is 2.14 bits per heavy atom. The van der Waals surface area contributed by atoms with Gasteiger partial charge >= 0.3 is 29.6 Å². The van der Waals surface area contributed by atoms with Crippen LogP contribution in [0.5, 0.6) is 0 Å². The van der Waals surface area contributed by atoms with Crippen LogP contribution in [0.2, 0.25) is 0 Å². The quantitative estimate of drug-likeness (QED) is 0.209. The minimum absolute atomic E-state index is 0. The molecule has 0 aromatic heterocycles. The summed E-state index contributed by atoms with van der Waals surface area (Å²) >= 11 is 1.71. The molecule has 0 aromatic carbocycles. The molecule has 6 heteroatoms. The Morgan fingerprint density at radius 2 is 1.71 bits per heavy atom. The third kappa shape index (κ3) is 10.2. The fraction of sp³-hybridized carbons (Fsp3) is 1.00. The molecule has 80 valence electrons. The number of alkyl halides is 1. The van der Waals surface area contributed by atoms with Crippen molar-refractivity contribution in [1.82, 2.24) is 0 Å². The predicted molar refractivity (Wildman–Crippen MR) is 60.9 cm³/mol. The molecule has 14 heavy (non-hydrogen) atoms. The van der Waals surface area contributed by atoms with Crippen molar-refractivity contribution in [2.24, 2.45) is 0 Å². The summed E-state index contributed by atoms with van der Waals surface area (Å²) in [6.45, 7) is 2.13. The van der Waals surface area contributed by atoms with Gasteiger partial charge in [-0.2, -0.15) is 0 Å². The fourth-order valence-corrected chi connectivity index (χ4v) is 1.95. The zero-order valence-electron chi connectivity index (χ0n) is 8.83. The molecule has 0 radical (unpaired) electrons. The molecular formula is C8H16INaO3S. The Balaban J connectivity index is 0. The molecule has 0 aliphatic heterocycles. The van der Waals surface area contributed by atoms with Gasteiger partial charge in [0.2, 0.25) is 0 Å². The van der Waals surface area contributed by atoms with E-state index in [1.807, 2.05) is 0 Å². The first-order valence-corrected chi connectivity index (χ1v) is 7.29. The van der Waals surface area contributed by atoms with Crippen molar-refractivity contribution in [3.8, 4) is 0 Å². The van der Waals surface area contributed by atoms with Crippen molar-refractivity contribution in [2.45, 2.75) is 48.7 Å². The van der Waals surface area contributed by atoms with Gasteiger partial charge in [0.1, 0.15) is 13.4 Å². The Kier molecular flexibility index (Phi) is 12.7. The van der Waals surface area contributed by atoms with Crippen LogP contribution in [0.4, 0.5) is 0 Å². The third-order valence-electron chi connectivity index (χ3n) is 1.85. The minimum Gasteiger partial charge on any atom is -0.747 e. The number of unbranched alkanes of at least 4 members (excludes halogenated alkanes) is 4. The van der Waals surface area contributed by atoms with E-state index in [4.69, 9.17) is 0 Å². The van der Waals surface area contributed by atoms with E-state index in [9.17, 15) is 13.0 Å². The molecule has 0 spiro atoms. The van der Waals surface area contributed by atoms with E-state index in [1.54, 1.807) is 22.6 Å². The Hall–Kier alpha value is 1.64. The van der Waals surface area contributed by atoms with Crippen LogP contribution in [0, 0.1) is 0 Å². The van der Waals surface area contributed by atoms with Gasteiger partial charge in [-0.3, -0.25) is 0 Å². The Labute approximate surface area is 123 Å². The molecule has 0 saturated heterocycles. The summed E-state index contributed by atoms with van der Waals surface area (Å²) < 4.78 is 30.7. The van der Waals surface area contributed by atoms with Crippen molar-refractivity contribution in [3.05, 3.63) is 0 Å². The molecule has 0 heterocycles. The van der Waals surface area contributed by atoms with Crippen LogP contribution in [-0.2, 0) is 10.1 Å². The monoisotopic (exact) mass is 342 g/mol. The summed E-state index contributed by atoms with van der Waals surface area (Å²) in [4.78, 5) is 0. The van der Waals surface area contributed by atoms with Gasteiger partial charge in [-0.1, -0.05) is 61.6 Å². The summed E-state index contributed by atoms with van der Waals surface area (Å²) in [6.07, 6.45) is 5.87. The van der Waals surface area contributed by atoms with Gasteiger partial charge in [0.25, 0.3) is 0 Å². The third-order valence-corrected chi connectivity index (χ3v) is 5.20. The van der Waals surface area contributed by atoms with E-state index in [2.05, 4.69) is 6.92 Å². The van der Waals surface area contributed by atoms with Gasteiger partial charge in [-0.05, 0) is 6.42 Å². The molecule has 1 atom stereocenters.